The first kappa shape index (κ1) is 99.9. The molecule has 0 radical (unpaired) electrons. The highest BCUT2D eigenvalue weighted by Gasteiger charge is 2.30. The summed E-state index contributed by atoms with van der Waals surface area (Å²) < 4.78 is 68.4. The normalized spacial score (nSPS) is 14.9. The highest BCUT2D eigenvalue weighted by Crippen LogP contribution is 2.45. The van der Waals surface area contributed by atoms with Crippen LogP contribution in [-0.2, 0) is 65.4 Å². The highest BCUT2D eigenvalue weighted by molar-refractivity contribution is 7.47. The maximum Gasteiger partial charge on any atom is 0.472 e. The van der Waals surface area contributed by atoms with Crippen molar-refractivity contribution in [3.05, 3.63) is 194 Å². The van der Waals surface area contributed by atoms with Crippen LogP contribution in [0.2, 0.25) is 0 Å². The molecule has 0 bridgehead atoms. The largest absolute Gasteiger partial charge is 0.472 e. The zero-order valence-corrected chi connectivity index (χ0v) is 67.1. The Labute approximate surface area is 640 Å². The molecule has 19 heteroatoms. The van der Waals surface area contributed by atoms with E-state index in [0.717, 1.165) is 135 Å². The summed E-state index contributed by atoms with van der Waals surface area (Å²) in [6.07, 6.45) is 94.4. The fourth-order valence-electron chi connectivity index (χ4n) is 9.62. The first-order chi connectivity index (χ1) is 51.7. The summed E-state index contributed by atoms with van der Waals surface area (Å²) in [4.78, 5) is 73.0. The molecule has 0 aromatic rings. The Hall–Kier alpha value is -6.10. The van der Waals surface area contributed by atoms with E-state index in [1.54, 1.807) is 0 Å². The SMILES string of the molecule is CC/C=C\C/C=C\C/C=C\C/C=C\C/C=C\C/C=C\CCC(=O)OCC(COP(=O)(O)OCC(O)COP(=O)(O)OCC(COC(=O)CCC/C=C\C/C=C\C/C=C\C/C=C\C/C=C\CC)OC(=O)CCCC/C=C\C/C=C\C/C=C\C/C=C\CC)OC(=O)CCCCCCC/C=C\CCCCCCCC. The molecule has 0 fully saturated rings. The van der Waals surface area contributed by atoms with Crippen molar-refractivity contribution in [2.24, 2.45) is 0 Å². The van der Waals surface area contributed by atoms with Gasteiger partial charge in [0.2, 0.25) is 0 Å². The van der Waals surface area contributed by atoms with Gasteiger partial charge in [0.05, 0.1) is 26.4 Å². The van der Waals surface area contributed by atoms with Gasteiger partial charge in [-0.15, -0.1) is 0 Å². The second kappa shape index (κ2) is 77.1. The Morgan fingerprint density at radius 3 is 0.868 bits per heavy atom. The van der Waals surface area contributed by atoms with Gasteiger partial charge in [-0.1, -0.05) is 273 Å². The van der Waals surface area contributed by atoms with E-state index < -0.39 is 97.5 Å². The van der Waals surface area contributed by atoms with Crippen LogP contribution in [0.3, 0.4) is 0 Å². The number of phosphoric acid groups is 2. The molecule has 0 aromatic heterocycles. The molecule has 0 aliphatic carbocycles. The molecule has 598 valence electrons. The zero-order valence-electron chi connectivity index (χ0n) is 65.3. The van der Waals surface area contributed by atoms with Gasteiger partial charge < -0.3 is 33.8 Å². The number of aliphatic hydroxyl groups is 1. The summed E-state index contributed by atoms with van der Waals surface area (Å²) in [6.45, 7) is 4.29. The molecule has 0 spiro atoms. The van der Waals surface area contributed by atoms with Crippen molar-refractivity contribution < 1.29 is 80.2 Å². The molecule has 17 nitrogen and oxygen atoms in total. The fourth-order valence-corrected chi connectivity index (χ4v) is 11.2. The van der Waals surface area contributed by atoms with Gasteiger partial charge in [-0.25, -0.2) is 9.13 Å². The van der Waals surface area contributed by atoms with E-state index in [2.05, 4.69) is 186 Å². The molecule has 0 saturated heterocycles. The Balaban J connectivity index is 5.54. The predicted octanol–water partition coefficient (Wildman–Crippen LogP) is 23.3. The van der Waals surface area contributed by atoms with E-state index >= 15 is 0 Å². The second-order valence-corrected chi connectivity index (χ2v) is 28.4. The standard InChI is InChI=1S/C87H138O17P2/c1-5-9-13-17-21-25-29-33-37-39-40-42-46-48-52-56-60-64-68-72-85(90)98-78-83(104-87(92)74-70-66-62-58-54-50-44-36-32-28-24-20-16-12-8-4)80-102-106(95,96)100-76-81(88)75-99-105(93,94)101-79-82(103-86(91)73-69-65-61-57-53-49-43-35-31-27-23-19-15-11-7-3)77-97-84(89)71-67-63-59-55-51-47-45-41-38-34-30-26-22-18-14-10-6-2/h9-11,13-15,21-23,25-27,33-38,40,42-45,47-48,52-53,55,57,59-60,64,81-83,88H,5-8,12,16-20,24,28-32,39,41,46,49-51,54,56,58,61-63,65-80H2,1-4H3,(H,93,94)(H,95,96)/b13-9-,14-10-,15-11-,25-21-,26-22-,27-23-,37-33-,38-34-,42-40-,43-35-,44-36-,47-45-,52-48-,57-53-,59-55-,64-60-. The summed E-state index contributed by atoms with van der Waals surface area (Å²) in [5.41, 5.74) is 0. The van der Waals surface area contributed by atoms with Crippen LogP contribution >= 0.6 is 15.6 Å². The lowest BCUT2D eigenvalue weighted by molar-refractivity contribution is -0.161. The van der Waals surface area contributed by atoms with Gasteiger partial charge in [0, 0.05) is 25.7 Å². The Morgan fingerprint density at radius 2 is 0.519 bits per heavy atom. The van der Waals surface area contributed by atoms with Crippen molar-refractivity contribution >= 4 is 39.5 Å². The minimum Gasteiger partial charge on any atom is -0.462 e. The maximum absolute atomic E-state index is 13.1. The van der Waals surface area contributed by atoms with Crippen LogP contribution in [0.1, 0.15) is 272 Å². The number of unbranched alkanes of at least 4 members (excludes halogenated alkanes) is 14. The number of allylic oxidation sites excluding steroid dienone is 32. The van der Waals surface area contributed by atoms with Crippen LogP contribution in [-0.4, -0.2) is 96.7 Å². The third kappa shape index (κ3) is 76.1. The van der Waals surface area contributed by atoms with E-state index in [9.17, 15) is 43.2 Å². The van der Waals surface area contributed by atoms with Crippen LogP contribution in [0, 0.1) is 0 Å². The lowest BCUT2D eigenvalue weighted by atomic mass is 10.1. The number of carbonyl (C=O) groups is 4. The molecule has 0 aliphatic heterocycles. The summed E-state index contributed by atoms with van der Waals surface area (Å²) in [7, 11) is -10.0. The molecule has 0 saturated carbocycles. The van der Waals surface area contributed by atoms with Crippen molar-refractivity contribution in [2.45, 2.75) is 290 Å². The topological polar surface area (TPSA) is 237 Å². The van der Waals surface area contributed by atoms with Crippen molar-refractivity contribution in [3.8, 4) is 0 Å². The summed E-state index contributed by atoms with van der Waals surface area (Å²) in [6, 6.07) is 0. The molecule has 3 N–H and O–H groups in total. The van der Waals surface area contributed by atoms with Gasteiger partial charge in [0.1, 0.15) is 19.3 Å². The fraction of sp³-hybridized carbons (Fsp3) is 0.586. The molecule has 5 atom stereocenters. The number of hydrogen-bond acceptors (Lipinski definition) is 15. The number of carbonyl (C=O) groups excluding carboxylic acids is 4. The minimum absolute atomic E-state index is 0.0207. The van der Waals surface area contributed by atoms with Gasteiger partial charge >= 0.3 is 39.5 Å². The number of phosphoric ester groups is 2. The van der Waals surface area contributed by atoms with E-state index in [0.29, 0.717) is 44.9 Å². The summed E-state index contributed by atoms with van der Waals surface area (Å²) >= 11 is 0. The maximum atomic E-state index is 13.1. The number of rotatable bonds is 72. The quantitative estimate of drug-likeness (QED) is 0.0169. The predicted molar refractivity (Wildman–Crippen MR) is 436 cm³/mol. The molecule has 5 unspecified atom stereocenters. The molecule has 0 rings (SSSR count). The lowest BCUT2D eigenvalue weighted by Crippen LogP contribution is -2.30. The third-order valence-corrected chi connectivity index (χ3v) is 17.4. The average Bonchev–Trinajstić information content (AvgIpc) is 0.909. The van der Waals surface area contributed by atoms with Gasteiger partial charge in [-0.3, -0.25) is 37.3 Å². The van der Waals surface area contributed by atoms with Crippen molar-refractivity contribution in [1.29, 1.82) is 0 Å². The van der Waals surface area contributed by atoms with E-state index in [1.807, 2.05) is 36.5 Å². The first-order valence-electron chi connectivity index (χ1n) is 39.7. The molecule has 0 aliphatic rings. The number of ether oxygens (including phenoxy) is 4. The Morgan fingerprint density at radius 1 is 0.274 bits per heavy atom. The smallest absolute Gasteiger partial charge is 0.462 e. The molecule has 106 heavy (non-hydrogen) atoms. The zero-order chi connectivity index (χ0) is 77.4. The van der Waals surface area contributed by atoms with Crippen molar-refractivity contribution in [1.82, 2.24) is 0 Å². The Bertz CT molecular complexity index is 2780. The minimum atomic E-state index is -5.02. The molecule has 0 heterocycles. The van der Waals surface area contributed by atoms with Crippen molar-refractivity contribution in [2.75, 3.05) is 39.6 Å². The van der Waals surface area contributed by atoms with Crippen LogP contribution < -0.4 is 0 Å². The van der Waals surface area contributed by atoms with Gasteiger partial charge in [0.25, 0.3) is 0 Å². The molecule has 0 amide bonds. The highest BCUT2D eigenvalue weighted by atomic mass is 31.2. The molecule has 0 aromatic carbocycles. The van der Waals surface area contributed by atoms with E-state index in [4.69, 9.17) is 37.0 Å². The van der Waals surface area contributed by atoms with Crippen LogP contribution in [0.15, 0.2) is 194 Å². The average molecular weight is 1520 g/mol. The number of esters is 4. The molecular weight excluding hydrogens is 1380 g/mol. The Kier molecular flexibility index (Phi) is 72.6. The van der Waals surface area contributed by atoms with Crippen LogP contribution in [0.25, 0.3) is 0 Å². The number of hydrogen-bond donors (Lipinski definition) is 3. The van der Waals surface area contributed by atoms with Gasteiger partial charge in [0.15, 0.2) is 12.2 Å². The van der Waals surface area contributed by atoms with Crippen LogP contribution in [0.5, 0.6) is 0 Å². The number of aliphatic hydroxyl groups excluding tert-OH is 1. The lowest BCUT2D eigenvalue weighted by Gasteiger charge is -2.21. The van der Waals surface area contributed by atoms with Crippen LogP contribution in [0.4, 0.5) is 0 Å². The van der Waals surface area contributed by atoms with Gasteiger partial charge in [-0.2, -0.15) is 0 Å². The summed E-state index contributed by atoms with van der Waals surface area (Å²) in [5.74, 6) is -2.42. The molecular formula is C87H138O17P2. The first-order valence-corrected chi connectivity index (χ1v) is 42.7. The third-order valence-electron chi connectivity index (χ3n) is 15.5. The van der Waals surface area contributed by atoms with Crippen molar-refractivity contribution in [3.63, 3.8) is 0 Å². The summed E-state index contributed by atoms with van der Waals surface area (Å²) in [5, 5.41) is 10.6. The second-order valence-electron chi connectivity index (χ2n) is 25.5. The monoisotopic (exact) mass is 1520 g/mol. The van der Waals surface area contributed by atoms with E-state index in [-0.39, 0.29) is 25.7 Å². The van der Waals surface area contributed by atoms with Gasteiger partial charge in [-0.05, 0) is 167 Å². The van der Waals surface area contributed by atoms with E-state index in [1.165, 1.54) is 38.5 Å².